The standard InChI is InChI=1S/C14H20F2N2O3/c1-20-10-7-9(19)8-11(21-2)12(10)13(14(15)16)18-5-3-17-4-6-18/h7-8,13-14,17,19H,3-6H2,1-2H3/t13-/m1/s1. The number of benzene rings is 1. The molecule has 1 heterocycles. The number of ether oxygens (including phenoxy) is 2. The van der Waals surface area contributed by atoms with Gasteiger partial charge in [-0.15, -0.1) is 0 Å². The first-order valence-corrected chi connectivity index (χ1v) is 6.76. The van der Waals surface area contributed by atoms with Gasteiger partial charge < -0.3 is 19.9 Å². The SMILES string of the molecule is COc1cc(O)cc(OC)c1[C@H](C(F)F)N1CCNCC1. The van der Waals surface area contributed by atoms with Crippen molar-refractivity contribution >= 4 is 0 Å². The maximum absolute atomic E-state index is 13.7. The third kappa shape index (κ3) is 3.36. The molecule has 1 aromatic carbocycles. The zero-order valence-electron chi connectivity index (χ0n) is 12.1. The summed E-state index contributed by atoms with van der Waals surface area (Å²) < 4.78 is 37.7. The second-order valence-electron chi connectivity index (χ2n) is 4.83. The van der Waals surface area contributed by atoms with E-state index in [2.05, 4.69) is 5.32 Å². The van der Waals surface area contributed by atoms with Crippen molar-refractivity contribution in [3.05, 3.63) is 17.7 Å². The molecule has 0 amide bonds. The maximum Gasteiger partial charge on any atom is 0.258 e. The van der Waals surface area contributed by atoms with E-state index in [1.807, 2.05) is 0 Å². The van der Waals surface area contributed by atoms with Crippen LogP contribution in [-0.4, -0.2) is 56.8 Å². The number of aromatic hydroxyl groups is 1. The quantitative estimate of drug-likeness (QED) is 0.866. The molecule has 1 aliphatic rings. The highest BCUT2D eigenvalue weighted by atomic mass is 19.3. The second kappa shape index (κ2) is 6.91. The maximum atomic E-state index is 13.7. The summed E-state index contributed by atoms with van der Waals surface area (Å²) in [5, 5.41) is 12.8. The average molecular weight is 302 g/mol. The van der Waals surface area contributed by atoms with Crippen LogP contribution in [-0.2, 0) is 0 Å². The minimum absolute atomic E-state index is 0.0826. The molecule has 1 aromatic rings. The van der Waals surface area contributed by atoms with Crippen molar-refractivity contribution in [2.24, 2.45) is 0 Å². The molecule has 5 nitrogen and oxygen atoms in total. The lowest BCUT2D eigenvalue weighted by Gasteiger charge is -2.35. The number of alkyl halides is 2. The fourth-order valence-electron chi connectivity index (χ4n) is 2.64. The van der Waals surface area contributed by atoms with Crippen LogP contribution in [0.4, 0.5) is 8.78 Å². The lowest BCUT2D eigenvalue weighted by molar-refractivity contribution is 0.0158. The Balaban J connectivity index is 2.48. The number of nitrogens with zero attached hydrogens (tertiary/aromatic N) is 1. The minimum Gasteiger partial charge on any atom is -0.508 e. The Kier molecular flexibility index (Phi) is 5.19. The van der Waals surface area contributed by atoms with Gasteiger partial charge in [-0.1, -0.05) is 0 Å². The number of halogens is 2. The lowest BCUT2D eigenvalue weighted by Crippen LogP contribution is -2.47. The van der Waals surface area contributed by atoms with E-state index < -0.39 is 12.5 Å². The van der Waals surface area contributed by atoms with Gasteiger partial charge in [0.2, 0.25) is 0 Å². The molecule has 0 radical (unpaired) electrons. The normalized spacial score (nSPS) is 17.8. The number of phenolic OH excluding ortho intramolecular Hbond substituents is 1. The summed E-state index contributed by atoms with van der Waals surface area (Å²) in [6, 6.07) is 1.53. The number of rotatable bonds is 5. The second-order valence-corrected chi connectivity index (χ2v) is 4.83. The monoisotopic (exact) mass is 302 g/mol. The van der Waals surface area contributed by atoms with E-state index in [4.69, 9.17) is 9.47 Å². The lowest BCUT2D eigenvalue weighted by atomic mass is 10.0. The first-order valence-electron chi connectivity index (χ1n) is 6.76. The van der Waals surface area contributed by atoms with Gasteiger partial charge in [-0.3, -0.25) is 4.90 Å². The predicted octanol–water partition coefficient (Wildman–Crippen LogP) is 1.62. The molecule has 118 valence electrons. The van der Waals surface area contributed by atoms with Gasteiger partial charge in [0.1, 0.15) is 23.3 Å². The molecule has 2 N–H and O–H groups in total. The summed E-state index contributed by atoms with van der Waals surface area (Å²) in [6.45, 7) is 2.35. The van der Waals surface area contributed by atoms with Crippen LogP contribution in [0.2, 0.25) is 0 Å². The van der Waals surface area contributed by atoms with Gasteiger partial charge in [-0.25, -0.2) is 8.78 Å². The summed E-state index contributed by atoms with van der Waals surface area (Å²) >= 11 is 0. The van der Waals surface area contributed by atoms with Crippen LogP contribution < -0.4 is 14.8 Å². The molecule has 0 unspecified atom stereocenters. The highest BCUT2D eigenvalue weighted by Gasteiger charge is 2.35. The van der Waals surface area contributed by atoms with E-state index in [1.54, 1.807) is 4.90 Å². The molecular weight excluding hydrogens is 282 g/mol. The van der Waals surface area contributed by atoms with Crippen molar-refractivity contribution in [3.8, 4) is 17.2 Å². The first-order chi connectivity index (χ1) is 10.1. The van der Waals surface area contributed by atoms with Gasteiger partial charge in [0.25, 0.3) is 6.43 Å². The van der Waals surface area contributed by atoms with Crippen LogP contribution in [0.25, 0.3) is 0 Å². The predicted molar refractivity (Wildman–Crippen MR) is 74.4 cm³/mol. The molecule has 1 fully saturated rings. The van der Waals surface area contributed by atoms with E-state index in [0.29, 0.717) is 26.2 Å². The van der Waals surface area contributed by atoms with Gasteiger partial charge in [-0.05, 0) is 0 Å². The van der Waals surface area contributed by atoms with Crippen molar-refractivity contribution in [3.63, 3.8) is 0 Å². The summed E-state index contributed by atoms with van der Waals surface area (Å²) in [4.78, 5) is 1.71. The zero-order valence-corrected chi connectivity index (χ0v) is 12.1. The van der Waals surface area contributed by atoms with Crippen LogP contribution in [0, 0.1) is 0 Å². The van der Waals surface area contributed by atoms with E-state index in [-0.39, 0.29) is 22.8 Å². The largest absolute Gasteiger partial charge is 0.508 e. The molecule has 0 saturated carbocycles. The van der Waals surface area contributed by atoms with Crippen molar-refractivity contribution in [1.82, 2.24) is 10.2 Å². The molecule has 0 aromatic heterocycles. The summed E-state index contributed by atoms with van der Waals surface area (Å²) in [5.41, 5.74) is 0.273. The van der Waals surface area contributed by atoms with Gasteiger partial charge in [0, 0.05) is 38.3 Å². The number of methoxy groups -OCH3 is 2. The molecule has 0 bridgehead atoms. The summed E-state index contributed by atoms with van der Waals surface area (Å²) in [7, 11) is 2.77. The first kappa shape index (κ1) is 15.8. The molecular formula is C14H20F2N2O3. The van der Waals surface area contributed by atoms with Crippen molar-refractivity contribution < 1.29 is 23.4 Å². The Bertz CT molecular complexity index is 454. The topological polar surface area (TPSA) is 54.0 Å². The van der Waals surface area contributed by atoms with Crippen molar-refractivity contribution in [2.45, 2.75) is 12.5 Å². The number of piperazine rings is 1. The molecule has 7 heteroatoms. The average Bonchev–Trinajstić information content (AvgIpc) is 2.49. The third-order valence-electron chi connectivity index (χ3n) is 3.61. The van der Waals surface area contributed by atoms with Crippen LogP contribution in [0.1, 0.15) is 11.6 Å². The van der Waals surface area contributed by atoms with Crippen LogP contribution in [0.5, 0.6) is 17.2 Å². The Morgan fingerprint density at radius 1 is 1.14 bits per heavy atom. The third-order valence-corrected chi connectivity index (χ3v) is 3.61. The fraction of sp³-hybridized carbons (Fsp3) is 0.571. The van der Waals surface area contributed by atoms with Crippen molar-refractivity contribution in [1.29, 1.82) is 0 Å². The van der Waals surface area contributed by atoms with E-state index >= 15 is 0 Å². The Labute approximate surface area is 122 Å². The van der Waals surface area contributed by atoms with Gasteiger partial charge >= 0.3 is 0 Å². The number of hydrogen-bond donors (Lipinski definition) is 2. The van der Waals surface area contributed by atoms with E-state index in [1.165, 1.54) is 26.4 Å². The smallest absolute Gasteiger partial charge is 0.258 e. The summed E-state index contributed by atoms with van der Waals surface area (Å²) in [5.74, 6) is 0.326. The van der Waals surface area contributed by atoms with Crippen molar-refractivity contribution in [2.75, 3.05) is 40.4 Å². The molecule has 0 aliphatic carbocycles. The Morgan fingerprint density at radius 3 is 2.10 bits per heavy atom. The van der Waals surface area contributed by atoms with E-state index in [9.17, 15) is 13.9 Å². The number of hydrogen-bond acceptors (Lipinski definition) is 5. The van der Waals surface area contributed by atoms with Gasteiger partial charge in [0.15, 0.2) is 0 Å². The van der Waals surface area contributed by atoms with Gasteiger partial charge in [-0.2, -0.15) is 0 Å². The summed E-state index contributed by atoms with van der Waals surface area (Å²) in [6.07, 6.45) is -2.59. The Hall–Kier alpha value is -1.60. The van der Waals surface area contributed by atoms with Crippen LogP contribution in [0.15, 0.2) is 12.1 Å². The van der Waals surface area contributed by atoms with Gasteiger partial charge in [0.05, 0.1) is 19.8 Å². The highest BCUT2D eigenvalue weighted by Crippen LogP contribution is 2.42. The molecule has 1 saturated heterocycles. The molecule has 21 heavy (non-hydrogen) atoms. The van der Waals surface area contributed by atoms with E-state index in [0.717, 1.165) is 0 Å². The Morgan fingerprint density at radius 2 is 1.67 bits per heavy atom. The number of phenols is 1. The van der Waals surface area contributed by atoms with Crippen LogP contribution in [0.3, 0.4) is 0 Å². The highest BCUT2D eigenvalue weighted by molar-refractivity contribution is 5.52. The fourth-order valence-corrected chi connectivity index (χ4v) is 2.64. The molecule has 1 aliphatic heterocycles. The minimum atomic E-state index is -2.59. The molecule has 2 rings (SSSR count). The molecule has 1 atom stereocenters. The zero-order chi connectivity index (χ0) is 15.4. The molecule has 0 spiro atoms. The number of nitrogens with one attached hydrogen (secondary N) is 1. The van der Waals surface area contributed by atoms with Crippen LogP contribution >= 0.6 is 0 Å².